The van der Waals surface area contributed by atoms with Crippen molar-refractivity contribution in [1.29, 1.82) is 0 Å². The minimum Gasteiger partial charge on any atom is -0.353 e. The maximum Gasteiger partial charge on any atom is 0.220 e. The summed E-state index contributed by atoms with van der Waals surface area (Å²) in [6.07, 6.45) is 6.30. The standard InChI is InChI=1S/C23H38N2O2/c1-6-12-21(26)24-20-17-22(4,5)25(23(7-2,8-3)18-20)27-16-15-19-13-10-9-11-14-19/h9-11,13-14,20H,6-8,12,15-18H2,1-5H3,(H,24,26). The molecule has 1 aromatic rings. The van der Waals surface area contributed by atoms with Crippen LogP contribution in [0.25, 0.3) is 0 Å². The largest absolute Gasteiger partial charge is 0.353 e. The molecule has 1 unspecified atom stereocenters. The Balaban J connectivity index is 2.08. The second-order valence-corrected chi connectivity index (χ2v) is 8.53. The molecular weight excluding hydrogens is 336 g/mol. The van der Waals surface area contributed by atoms with Crippen molar-refractivity contribution in [3.8, 4) is 0 Å². The molecule has 1 amide bonds. The van der Waals surface area contributed by atoms with Crippen LogP contribution in [-0.4, -0.2) is 34.7 Å². The van der Waals surface area contributed by atoms with Crippen LogP contribution < -0.4 is 5.32 Å². The van der Waals surface area contributed by atoms with Crippen LogP contribution in [0.5, 0.6) is 0 Å². The average Bonchev–Trinajstić information content (AvgIpc) is 2.63. The Labute approximate surface area is 165 Å². The molecule has 152 valence electrons. The molecule has 1 aliphatic heterocycles. The monoisotopic (exact) mass is 374 g/mol. The second kappa shape index (κ2) is 9.70. The zero-order valence-corrected chi connectivity index (χ0v) is 17.9. The molecule has 1 saturated heterocycles. The summed E-state index contributed by atoms with van der Waals surface area (Å²) in [4.78, 5) is 18.6. The van der Waals surface area contributed by atoms with Crippen LogP contribution in [0, 0.1) is 0 Å². The van der Waals surface area contributed by atoms with Crippen molar-refractivity contribution in [3.63, 3.8) is 0 Å². The van der Waals surface area contributed by atoms with Gasteiger partial charge in [0, 0.05) is 23.5 Å². The first-order chi connectivity index (χ1) is 12.9. The molecule has 0 saturated carbocycles. The number of rotatable bonds is 9. The molecule has 1 heterocycles. The van der Waals surface area contributed by atoms with Gasteiger partial charge in [-0.15, -0.1) is 0 Å². The van der Waals surface area contributed by atoms with Crippen molar-refractivity contribution in [2.24, 2.45) is 0 Å². The molecule has 0 radical (unpaired) electrons. The van der Waals surface area contributed by atoms with Gasteiger partial charge in [0.15, 0.2) is 0 Å². The SMILES string of the molecule is CCCC(=O)NC1CC(C)(C)N(OCCc2ccccc2)C(CC)(CC)C1. The Morgan fingerprint density at radius 1 is 1.15 bits per heavy atom. The summed E-state index contributed by atoms with van der Waals surface area (Å²) in [6.45, 7) is 11.7. The van der Waals surface area contributed by atoms with E-state index >= 15 is 0 Å². The Bertz CT molecular complexity index is 581. The Kier molecular flexibility index (Phi) is 7.87. The Hall–Kier alpha value is -1.39. The molecular formula is C23H38N2O2. The lowest BCUT2D eigenvalue weighted by Gasteiger charge is -2.56. The summed E-state index contributed by atoms with van der Waals surface area (Å²) in [7, 11) is 0. The summed E-state index contributed by atoms with van der Waals surface area (Å²) in [6, 6.07) is 10.7. The molecule has 4 nitrogen and oxygen atoms in total. The van der Waals surface area contributed by atoms with Gasteiger partial charge in [0.1, 0.15) is 0 Å². The van der Waals surface area contributed by atoms with E-state index in [2.05, 4.69) is 69.3 Å². The van der Waals surface area contributed by atoms with Crippen LogP contribution in [0.1, 0.15) is 78.7 Å². The van der Waals surface area contributed by atoms with Crippen molar-refractivity contribution < 1.29 is 9.63 Å². The van der Waals surface area contributed by atoms with Crippen LogP contribution in [-0.2, 0) is 16.1 Å². The molecule has 4 heteroatoms. The van der Waals surface area contributed by atoms with Gasteiger partial charge in [-0.3, -0.25) is 9.63 Å². The fourth-order valence-electron chi connectivity index (χ4n) is 4.61. The molecule has 0 aliphatic carbocycles. The second-order valence-electron chi connectivity index (χ2n) is 8.53. The van der Waals surface area contributed by atoms with E-state index in [9.17, 15) is 4.79 Å². The molecule has 1 aromatic carbocycles. The van der Waals surface area contributed by atoms with E-state index in [-0.39, 0.29) is 23.0 Å². The van der Waals surface area contributed by atoms with Gasteiger partial charge in [0.25, 0.3) is 0 Å². The summed E-state index contributed by atoms with van der Waals surface area (Å²) in [5.74, 6) is 0.179. The first-order valence-corrected chi connectivity index (χ1v) is 10.6. The third-order valence-electron chi connectivity index (χ3n) is 5.97. The summed E-state index contributed by atoms with van der Waals surface area (Å²) in [5, 5.41) is 5.55. The molecule has 0 bridgehead atoms. The molecule has 1 aliphatic rings. The zero-order valence-electron chi connectivity index (χ0n) is 17.9. The fourth-order valence-corrected chi connectivity index (χ4v) is 4.61. The van der Waals surface area contributed by atoms with E-state index in [1.807, 2.05) is 6.07 Å². The lowest BCUT2D eigenvalue weighted by Crippen LogP contribution is -2.66. The summed E-state index contributed by atoms with van der Waals surface area (Å²) < 4.78 is 0. The molecule has 1 N–H and O–H groups in total. The quantitative estimate of drug-likeness (QED) is 0.670. The number of hydrogen-bond acceptors (Lipinski definition) is 3. The minimum absolute atomic E-state index is 0.0391. The van der Waals surface area contributed by atoms with Gasteiger partial charge in [-0.1, -0.05) is 51.1 Å². The first kappa shape index (κ1) is 21.9. The number of amides is 1. The molecule has 0 spiro atoms. The Morgan fingerprint density at radius 3 is 2.41 bits per heavy atom. The van der Waals surface area contributed by atoms with Crippen LogP contribution >= 0.6 is 0 Å². The predicted octanol–water partition coefficient (Wildman–Crippen LogP) is 4.88. The topological polar surface area (TPSA) is 41.6 Å². The van der Waals surface area contributed by atoms with E-state index < -0.39 is 0 Å². The highest BCUT2D eigenvalue weighted by atomic mass is 16.7. The number of piperidine rings is 1. The highest BCUT2D eigenvalue weighted by molar-refractivity contribution is 5.76. The van der Waals surface area contributed by atoms with Crippen LogP contribution in [0.4, 0.5) is 0 Å². The van der Waals surface area contributed by atoms with Gasteiger partial charge in [0.2, 0.25) is 5.91 Å². The van der Waals surface area contributed by atoms with E-state index in [0.717, 1.165) is 38.5 Å². The summed E-state index contributed by atoms with van der Waals surface area (Å²) >= 11 is 0. The van der Waals surface area contributed by atoms with E-state index in [0.29, 0.717) is 13.0 Å². The smallest absolute Gasteiger partial charge is 0.220 e. The first-order valence-electron chi connectivity index (χ1n) is 10.6. The number of benzene rings is 1. The predicted molar refractivity (Wildman–Crippen MR) is 111 cm³/mol. The van der Waals surface area contributed by atoms with E-state index in [1.165, 1.54) is 5.56 Å². The number of hydrogen-bond donors (Lipinski definition) is 1. The minimum atomic E-state index is -0.120. The summed E-state index contributed by atoms with van der Waals surface area (Å²) in [5.41, 5.74) is 1.14. The van der Waals surface area contributed by atoms with Crippen LogP contribution in [0.2, 0.25) is 0 Å². The molecule has 2 rings (SSSR count). The van der Waals surface area contributed by atoms with Crippen molar-refractivity contribution >= 4 is 5.91 Å². The lowest BCUT2D eigenvalue weighted by atomic mass is 9.74. The number of nitrogens with one attached hydrogen (secondary N) is 1. The van der Waals surface area contributed by atoms with E-state index in [4.69, 9.17) is 4.84 Å². The third kappa shape index (κ3) is 5.55. The maximum atomic E-state index is 12.2. The zero-order chi connectivity index (χ0) is 19.9. The highest BCUT2D eigenvalue weighted by Gasteiger charge is 2.50. The van der Waals surface area contributed by atoms with Gasteiger partial charge in [0.05, 0.1) is 6.61 Å². The van der Waals surface area contributed by atoms with Gasteiger partial charge in [-0.2, -0.15) is 5.06 Å². The van der Waals surface area contributed by atoms with Crippen LogP contribution in [0.3, 0.4) is 0 Å². The maximum absolute atomic E-state index is 12.2. The Morgan fingerprint density at radius 2 is 1.81 bits per heavy atom. The van der Waals surface area contributed by atoms with Crippen molar-refractivity contribution in [3.05, 3.63) is 35.9 Å². The van der Waals surface area contributed by atoms with E-state index in [1.54, 1.807) is 0 Å². The molecule has 0 aromatic heterocycles. The number of nitrogens with zero attached hydrogens (tertiary/aromatic N) is 1. The average molecular weight is 375 g/mol. The molecule has 1 atom stereocenters. The number of carbonyl (C=O) groups is 1. The third-order valence-corrected chi connectivity index (χ3v) is 5.97. The van der Waals surface area contributed by atoms with Gasteiger partial charge < -0.3 is 5.32 Å². The lowest BCUT2D eigenvalue weighted by molar-refractivity contribution is -0.293. The fraction of sp³-hybridized carbons (Fsp3) is 0.696. The highest BCUT2D eigenvalue weighted by Crippen LogP contribution is 2.43. The van der Waals surface area contributed by atoms with Crippen molar-refractivity contribution in [1.82, 2.24) is 10.4 Å². The molecule has 1 fully saturated rings. The van der Waals surface area contributed by atoms with Gasteiger partial charge in [-0.05, 0) is 57.9 Å². The van der Waals surface area contributed by atoms with Gasteiger partial charge >= 0.3 is 0 Å². The van der Waals surface area contributed by atoms with Gasteiger partial charge in [-0.25, -0.2) is 0 Å². The van der Waals surface area contributed by atoms with Crippen LogP contribution in [0.15, 0.2) is 30.3 Å². The number of carbonyl (C=O) groups excluding carboxylic acids is 1. The normalized spacial score (nSPS) is 21.7. The van der Waals surface area contributed by atoms with Crippen molar-refractivity contribution in [2.45, 2.75) is 96.7 Å². The number of hydroxylamine groups is 2. The van der Waals surface area contributed by atoms with Crippen molar-refractivity contribution in [2.75, 3.05) is 6.61 Å². The molecule has 27 heavy (non-hydrogen) atoms.